The molecule has 2 N–H and O–H groups in total. The normalized spacial score (nSPS) is 12.2. The minimum Gasteiger partial charge on any atom is -0.380 e. The third-order valence-electron chi connectivity index (χ3n) is 2.38. The predicted molar refractivity (Wildman–Crippen MR) is 70.5 cm³/mol. The molecule has 0 spiro atoms. The van der Waals surface area contributed by atoms with Crippen LogP contribution in [0.15, 0.2) is 6.33 Å². The lowest BCUT2D eigenvalue weighted by atomic mass is 10.2. The Morgan fingerprint density at radius 1 is 1.29 bits per heavy atom. The van der Waals surface area contributed by atoms with Crippen LogP contribution in [-0.4, -0.2) is 35.8 Å². The van der Waals surface area contributed by atoms with E-state index >= 15 is 0 Å². The van der Waals surface area contributed by atoms with Gasteiger partial charge >= 0.3 is 0 Å². The molecule has 1 unspecified atom stereocenters. The summed E-state index contributed by atoms with van der Waals surface area (Å²) in [4.78, 5) is 8.46. The zero-order valence-corrected chi connectivity index (χ0v) is 11.1. The van der Waals surface area contributed by atoms with Gasteiger partial charge in [0.25, 0.3) is 0 Å². The lowest BCUT2D eigenvalue weighted by Crippen LogP contribution is -2.23. The smallest absolute Gasteiger partial charge is 0.134 e. The second-order valence-electron chi connectivity index (χ2n) is 3.93. The Bertz CT molecular complexity index is 343. The van der Waals surface area contributed by atoms with Crippen molar-refractivity contribution < 1.29 is 4.74 Å². The largest absolute Gasteiger partial charge is 0.380 e. The van der Waals surface area contributed by atoms with Gasteiger partial charge in [-0.25, -0.2) is 9.97 Å². The van der Waals surface area contributed by atoms with Crippen LogP contribution in [0, 0.1) is 6.92 Å². The molecular formula is C12H22N4O. The fourth-order valence-corrected chi connectivity index (χ4v) is 1.51. The van der Waals surface area contributed by atoms with Crippen molar-refractivity contribution in [3.8, 4) is 0 Å². The van der Waals surface area contributed by atoms with Gasteiger partial charge in [-0.1, -0.05) is 0 Å². The van der Waals surface area contributed by atoms with Gasteiger partial charge in [0.15, 0.2) is 0 Å². The molecular weight excluding hydrogens is 216 g/mol. The summed E-state index contributed by atoms with van der Waals surface area (Å²) in [5.74, 6) is 1.75. The van der Waals surface area contributed by atoms with Crippen LogP contribution in [0.1, 0.15) is 26.3 Å². The Balaban J connectivity index is 2.67. The maximum absolute atomic E-state index is 5.36. The van der Waals surface area contributed by atoms with Crippen molar-refractivity contribution in [2.75, 3.05) is 30.4 Å². The van der Waals surface area contributed by atoms with Gasteiger partial charge in [0.2, 0.25) is 0 Å². The van der Waals surface area contributed by atoms with Crippen LogP contribution in [0.25, 0.3) is 0 Å². The van der Waals surface area contributed by atoms with Gasteiger partial charge in [0, 0.05) is 24.8 Å². The first-order valence-corrected chi connectivity index (χ1v) is 6.08. The van der Waals surface area contributed by atoms with E-state index in [1.807, 2.05) is 20.8 Å². The fraction of sp³-hybridized carbons (Fsp3) is 0.667. The maximum atomic E-state index is 5.36. The zero-order valence-electron chi connectivity index (χ0n) is 11.1. The third kappa shape index (κ3) is 4.19. The number of nitrogens with one attached hydrogen (secondary N) is 2. The van der Waals surface area contributed by atoms with Gasteiger partial charge in [0.05, 0.1) is 6.61 Å². The van der Waals surface area contributed by atoms with Crippen molar-refractivity contribution in [1.29, 1.82) is 0 Å². The van der Waals surface area contributed by atoms with E-state index < -0.39 is 0 Å². The number of aromatic nitrogens is 2. The molecule has 1 aromatic heterocycles. The topological polar surface area (TPSA) is 59.1 Å². The molecule has 1 rings (SSSR count). The maximum Gasteiger partial charge on any atom is 0.134 e. The number of nitrogens with zero attached hydrogens (tertiary/aromatic N) is 2. The highest BCUT2D eigenvalue weighted by molar-refractivity contribution is 5.56. The van der Waals surface area contributed by atoms with E-state index in [2.05, 4.69) is 27.5 Å². The summed E-state index contributed by atoms with van der Waals surface area (Å²) in [6.07, 6.45) is 1.57. The van der Waals surface area contributed by atoms with Crippen LogP contribution in [0.3, 0.4) is 0 Å². The number of hydrogen-bond acceptors (Lipinski definition) is 5. The monoisotopic (exact) mass is 238 g/mol. The number of ether oxygens (including phenoxy) is 1. The van der Waals surface area contributed by atoms with E-state index in [0.29, 0.717) is 6.61 Å². The van der Waals surface area contributed by atoms with Crippen LogP contribution in [-0.2, 0) is 4.74 Å². The molecule has 17 heavy (non-hydrogen) atoms. The molecule has 0 saturated carbocycles. The molecule has 0 aliphatic heterocycles. The van der Waals surface area contributed by atoms with Crippen LogP contribution < -0.4 is 10.6 Å². The van der Waals surface area contributed by atoms with E-state index in [1.54, 1.807) is 6.33 Å². The second kappa shape index (κ2) is 7.06. The van der Waals surface area contributed by atoms with E-state index in [0.717, 1.165) is 30.4 Å². The Kier molecular flexibility index (Phi) is 5.69. The highest BCUT2D eigenvalue weighted by Gasteiger charge is 2.09. The summed E-state index contributed by atoms with van der Waals surface area (Å²) in [6, 6.07) is 0.234. The second-order valence-corrected chi connectivity index (χ2v) is 3.93. The van der Waals surface area contributed by atoms with Crippen molar-refractivity contribution in [2.45, 2.75) is 33.7 Å². The van der Waals surface area contributed by atoms with Crippen LogP contribution >= 0.6 is 0 Å². The average molecular weight is 238 g/mol. The lowest BCUT2D eigenvalue weighted by Gasteiger charge is -2.17. The SMILES string of the molecule is CCNc1ncnc(NC(C)COCC)c1C. The molecule has 5 nitrogen and oxygen atoms in total. The zero-order chi connectivity index (χ0) is 12.7. The summed E-state index contributed by atoms with van der Waals surface area (Å²) >= 11 is 0. The molecule has 0 aliphatic rings. The summed E-state index contributed by atoms with van der Waals surface area (Å²) in [5.41, 5.74) is 1.04. The lowest BCUT2D eigenvalue weighted by molar-refractivity contribution is 0.141. The van der Waals surface area contributed by atoms with Gasteiger partial charge in [-0.3, -0.25) is 0 Å². The first-order chi connectivity index (χ1) is 8.19. The molecule has 1 heterocycles. The molecule has 0 amide bonds. The Morgan fingerprint density at radius 2 is 2.00 bits per heavy atom. The van der Waals surface area contributed by atoms with Gasteiger partial charge in [0.1, 0.15) is 18.0 Å². The molecule has 1 aromatic rings. The molecule has 0 radical (unpaired) electrons. The minimum atomic E-state index is 0.234. The van der Waals surface area contributed by atoms with E-state index in [-0.39, 0.29) is 6.04 Å². The summed E-state index contributed by atoms with van der Waals surface area (Å²) in [6.45, 7) is 10.4. The fourth-order valence-electron chi connectivity index (χ4n) is 1.51. The van der Waals surface area contributed by atoms with Crippen molar-refractivity contribution in [2.24, 2.45) is 0 Å². The molecule has 0 aliphatic carbocycles. The minimum absolute atomic E-state index is 0.234. The van der Waals surface area contributed by atoms with E-state index in [1.165, 1.54) is 0 Å². The molecule has 96 valence electrons. The summed E-state index contributed by atoms with van der Waals surface area (Å²) < 4.78 is 5.36. The van der Waals surface area contributed by atoms with Gasteiger partial charge in [-0.05, 0) is 27.7 Å². The van der Waals surface area contributed by atoms with Gasteiger partial charge < -0.3 is 15.4 Å². The molecule has 0 fully saturated rings. The van der Waals surface area contributed by atoms with E-state index in [4.69, 9.17) is 4.74 Å². The summed E-state index contributed by atoms with van der Waals surface area (Å²) in [5, 5.41) is 6.54. The predicted octanol–water partition coefficient (Wildman–Crippen LogP) is 2.05. The van der Waals surface area contributed by atoms with Gasteiger partial charge in [-0.15, -0.1) is 0 Å². The quantitative estimate of drug-likeness (QED) is 0.761. The van der Waals surface area contributed by atoms with Crippen molar-refractivity contribution >= 4 is 11.6 Å². The van der Waals surface area contributed by atoms with Gasteiger partial charge in [-0.2, -0.15) is 0 Å². The molecule has 1 atom stereocenters. The van der Waals surface area contributed by atoms with Crippen LogP contribution in [0.2, 0.25) is 0 Å². The number of hydrogen-bond donors (Lipinski definition) is 2. The molecule has 0 aromatic carbocycles. The number of rotatable bonds is 7. The molecule has 5 heteroatoms. The first-order valence-electron chi connectivity index (χ1n) is 6.08. The van der Waals surface area contributed by atoms with Crippen molar-refractivity contribution in [3.63, 3.8) is 0 Å². The Morgan fingerprint density at radius 3 is 2.65 bits per heavy atom. The third-order valence-corrected chi connectivity index (χ3v) is 2.38. The Hall–Kier alpha value is -1.36. The van der Waals surface area contributed by atoms with Crippen molar-refractivity contribution in [3.05, 3.63) is 11.9 Å². The van der Waals surface area contributed by atoms with E-state index in [9.17, 15) is 0 Å². The molecule has 0 saturated heterocycles. The first kappa shape index (κ1) is 13.7. The van der Waals surface area contributed by atoms with Crippen molar-refractivity contribution in [1.82, 2.24) is 9.97 Å². The molecule has 0 bridgehead atoms. The highest BCUT2D eigenvalue weighted by atomic mass is 16.5. The standard InChI is InChI=1S/C12H22N4O/c1-5-13-11-10(4)12(15-8-14-11)16-9(3)7-17-6-2/h8-9H,5-7H2,1-4H3,(H2,13,14,15,16). The summed E-state index contributed by atoms with van der Waals surface area (Å²) in [7, 11) is 0. The average Bonchev–Trinajstić information content (AvgIpc) is 2.32. The van der Waals surface area contributed by atoms with Crippen LogP contribution in [0.4, 0.5) is 11.6 Å². The highest BCUT2D eigenvalue weighted by Crippen LogP contribution is 2.18. The Labute approximate surface area is 103 Å². The number of anilines is 2. The van der Waals surface area contributed by atoms with Crippen LogP contribution in [0.5, 0.6) is 0 Å².